The lowest BCUT2D eigenvalue weighted by Gasteiger charge is -2.21. The fraction of sp³-hybridized carbons (Fsp3) is 0. The van der Waals surface area contributed by atoms with E-state index in [9.17, 15) is 0 Å². The molecule has 0 saturated carbocycles. The zero-order valence-electron chi connectivity index (χ0n) is 34.1. The van der Waals surface area contributed by atoms with Crippen LogP contribution >= 0.6 is 0 Å². The van der Waals surface area contributed by atoms with Crippen LogP contribution in [0.25, 0.3) is 121 Å². The molecule has 0 nitrogen and oxygen atoms in total. The second-order valence-corrected chi connectivity index (χ2v) is 16.3. The van der Waals surface area contributed by atoms with E-state index in [2.05, 4.69) is 243 Å². The first-order valence-corrected chi connectivity index (χ1v) is 21.5. The van der Waals surface area contributed by atoms with Gasteiger partial charge in [0.15, 0.2) is 0 Å². The molecule has 0 aromatic heterocycles. The van der Waals surface area contributed by atoms with Gasteiger partial charge >= 0.3 is 0 Å². The van der Waals surface area contributed by atoms with Crippen LogP contribution in [0.1, 0.15) is 0 Å². The van der Waals surface area contributed by atoms with E-state index >= 15 is 0 Å². The highest BCUT2D eigenvalue weighted by Crippen LogP contribution is 2.48. The summed E-state index contributed by atoms with van der Waals surface area (Å²) in [4.78, 5) is 0. The van der Waals surface area contributed by atoms with Crippen molar-refractivity contribution in [2.45, 2.75) is 0 Å². The van der Waals surface area contributed by atoms with Crippen LogP contribution in [0.5, 0.6) is 0 Å². The number of benzene rings is 12. The highest BCUT2D eigenvalue weighted by molar-refractivity contribution is 6.23. The van der Waals surface area contributed by atoms with Crippen molar-refractivity contribution >= 4 is 53.9 Å². The Morgan fingerprint density at radius 2 is 0.565 bits per heavy atom. The lowest BCUT2D eigenvalue weighted by atomic mass is 9.82. The largest absolute Gasteiger partial charge is 0.0622 e. The minimum absolute atomic E-state index is 1.20. The van der Waals surface area contributed by atoms with E-state index in [0.717, 1.165) is 0 Å². The number of fused-ring (bicyclic) bond motifs is 6. The molecule has 0 amide bonds. The van der Waals surface area contributed by atoms with Crippen LogP contribution in [0, 0.1) is 0 Å². The lowest BCUT2D eigenvalue weighted by Crippen LogP contribution is -1.94. The van der Waals surface area contributed by atoms with Gasteiger partial charge in [0.1, 0.15) is 0 Å². The van der Waals surface area contributed by atoms with Gasteiger partial charge < -0.3 is 0 Å². The topological polar surface area (TPSA) is 0 Å². The Kier molecular flexibility index (Phi) is 8.61. The second kappa shape index (κ2) is 14.9. The van der Waals surface area contributed by atoms with Gasteiger partial charge in [-0.3, -0.25) is 0 Å². The summed E-state index contributed by atoms with van der Waals surface area (Å²) in [7, 11) is 0. The molecule has 0 aliphatic carbocycles. The maximum absolute atomic E-state index is 2.45. The molecule has 0 aliphatic rings. The second-order valence-electron chi connectivity index (χ2n) is 16.3. The zero-order valence-corrected chi connectivity index (χ0v) is 34.1. The minimum atomic E-state index is 1.20. The third-order valence-corrected chi connectivity index (χ3v) is 12.8. The van der Waals surface area contributed by atoms with Gasteiger partial charge in [-0.15, -0.1) is 0 Å². The van der Waals surface area contributed by atoms with Crippen molar-refractivity contribution in [3.05, 3.63) is 243 Å². The quantitative estimate of drug-likeness (QED) is 0.147. The number of rotatable bonds is 6. The predicted octanol–water partition coefficient (Wildman–Crippen LogP) is 17.5. The van der Waals surface area contributed by atoms with E-state index in [1.54, 1.807) is 0 Å². The highest BCUT2D eigenvalue weighted by atomic mass is 14.2. The summed E-state index contributed by atoms with van der Waals surface area (Å²) in [6, 6.07) is 89.5. The van der Waals surface area contributed by atoms with Crippen molar-refractivity contribution in [1.29, 1.82) is 0 Å². The Bertz CT molecular complexity index is 3650. The van der Waals surface area contributed by atoms with Gasteiger partial charge in [0, 0.05) is 0 Å². The first-order valence-electron chi connectivity index (χ1n) is 21.5. The maximum atomic E-state index is 2.45. The van der Waals surface area contributed by atoms with E-state index in [4.69, 9.17) is 0 Å². The molecule has 0 aliphatic heterocycles. The summed E-state index contributed by atoms with van der Waals surface area (Å²) < 4.78 is 0. The van der Waals surface area contributed by atoms with Crippen molar-refractivity contribution in [2.75, 3.05) is 0 Å². The SMILES string of the molecule is c1ccc(-c2cc3ccccc3cc2-c2ccc3c(c2)c(-c2ccccc2)c(-c2ccccc2)c2cc(-c4ccc(-c5cccc6ccccc56)c5ccccc45)ccc23)cc1. The van der Waals surface area contributed by atoms with Gasteiger partial charge in [0.25, 0.3) is 0 Å². The molecule has 0 bridgehead atoms. The Hall–Kier alpha value is -8.06. The summed E-state index contributed by atoms with van der Waals surface area (Å²) in [5.74, 6) is 0. The van der Waals surface area contributed by atoms with E-state index < -0.39 is 0 Å². The summed E-state index contributed by atoms with van der Waals surface area (Å²) in [5.41, 5.74) is 14.7. The molecule has 0 N–H and O–H groups in total. The van der Waals surface area contributed by atoms with Gasteiger partial charge in [-0.25, -0.2) is 0 Å². The summed E-state index contributed by atoms with van der Waals surface area (Å²) in [6.45, 7) is 0. The fourth-order valence-electron chi connectivity index (χ4n) is 9.97. The van der Waals surface area contributed by atoms with Crippen LogP contribution in [-0.2, 0) is 0 Å². The third kappa shape index (κ3) is 5.99. The van der Waals surface area contributed by atoms with Crippen molar-refractivity contribution in [3.63, 3.8) is 0 Å². The maximum Gasteiger partial charge on any atom is -0.00201 e. The van der Waals surface area contributed by atoms with Crippen molar-refractivity contribution in [3.8, 4) is 66.8 Å². The van der Waals surface area contributed by atoms with Crippen molar-refractivity contribution in [2.24, 2.45) is 0 Å². The van der Waals surface area contributed by atoms with Crippen LogP contribution in [0.3, 0.4) is 0 Å². The van der Waals surface area contributed by atoms with Crippen LogP contribution in [0.4, 0.5) is 0 Å². The molecular formula is C62H40. The van der Waals surface area contributed by atoms with Gasteiger partial charge in [-0.05, 0) is 145 Å². The van der Waals surface area contributed by atoms with Crippen LogP contribution in [0.2, 0.25) is 0 Å². The average Bonchev–Trinajstić information content (AvgIpc) is 3.35. The predicted molar refractivity (Wildman–Crippen MR) is 267 cm³/mol. The van der Waals surface area contributed by atoms with Crippen LogP contribution < -0.4 is 0 Å². The molecule has 0 heteroatoms. The summed E-state index contributed by atoms with van der Waals surface area (Å²) in [5, 5.41) is 12.5. The molecule has 288 valence electrons. The molecule has 0 spiro atoms. The zero-order chi connectivity index (χ0) is 41.0. The van der Waals surface area contributed by atoms with Gasteiger partial charge in [-0.1, -0.05) is 218 Å². The Balaban J connectivity index is 1.13. The van der Waals surface area contributed by atoms with Gasteiger partial charge in [-0.2, -0.15) is 0 Å². The summed E-state index contributed by atoms with van der Waals surface area (Å²) in [6.07, 6.45) is 0. The number of hydrogen-bond donors (Lipinski definition) is 0. The molecular weight excluding hydrogens is 745 g/mol. The molecule has 0 fully saturated rings. The van der Waals surface area contributed by atoms with Crippen LogP contribution in [-0.4, -0.2) is 0 Å². The molecule has 0 unspecified atom stereocenters. The molecule has 62 heavy (non-hydrogen) atoms. The minimum Gasteiger partial charge on any atom is -0.0622 e. The fourth-order valence-corrected chi connectivity index (χ4v) is 9.97. The highest BCUT2D eigenvalue weighted by Gasteiger charge is 2.21. The molecule has 0 radical (unpaired) electrons. The molecule has 0 heterocycles. The first kappa shape index (κ1) is 35.8. The van der Waals surface area contributed by atoms with E-state index in [1.165, 1.54) is 121 Å². The van der Waals surface area contributed by atoms with Gasteiger partial charge in [0.05, 0.1) is 0 Å². The van der Waals surface area contributed by atoms with E-state index in [-0.39, 0.29) is 0 Å². The Labute approximate surface area is 361 Å². The van der Waals surface area contributed by atoms with Crippen molar-refractivity contribution < 1.29 is 0 Å². The molecule has 12 aromatic rings. The molecule has 0 saturated heterocycles. The van der Waals surface area contributed by atoms with Gasteiger partial charge in [0.2, 0.25) is 0 Å². The molecule has 0 atom stereocenters. The van der Waals surface area contributed by atoms with E-state index in [0.29, 0.717) is 0 Å². The Morgan fingerprint density at radius 3 is 1.15 bits per heavy atom. The molecule has 12 aromatic carbocycles. The monoisotopic (exact) mass is 784 g/mol. The standard InChI is InChI=1S/C62H40/c1-4-17-42(18-5-1)57-37-45-24-10-11-25-46(45)38-58(57)48-32-34-56-55-33-31-47(39-59(55)61(43-20-6-2-7-21-43)62(60(56)40-48)44-22-8-3-9-23-44)50-35-36-54(53-29-15-14-28-51(50)53)52-30-16-26-41-19-12-13-27-49(41)52/h1-40H. The van der Waals surface area contributed by atoms with Crippen LogP contribution in [0.15, 0.2) is 243 Å². The lowest BCUT2D eigenvalue weighted by molar-refractivity contribution is 1.60. The Morgan fingerprint density at radius 1 is 0.161 bits per heavy atom. The first-order chi connectivity index (χ1) is 30.8. The summed E-state index contributed by atoms with van der Waals surface area (Å²) >= 11 is 0. The van der Waals surface area contributed by atoms with E-state index in [1.807, 2.05) is 0 Å². The average molecular weight is 785 g/mol. The van der Waals surface area contributed by atoms with Crippen molar-refractivity contribution in [1.82, 2.24) is 0 Å². The molecule has 12 rings (SSSR count). The third-order valence-electron chi connectivity index (χ3n) is 12.8. The number of hydrogen-bond acceptors (Lipinski definition) is 0. The normalized spacial score (nSPS) is 11.5. The smallest absolute Gasteiger partial charge is 0.00201 e.